The molecule has 1 N–H and O–H groups in total. The fourth-order valence-electron chi connectivity index (χ4n) is 2.82. The van der Waals surface area contributed by atoms with Crippen molar-refractivity contribution in [1.29, 1.82) is 0 Å². The zero-order valence-electron chi connectivity index (χ0n) is 13.3. The van der Waals surface area contributed by atoms with Gasteiger partial charge < -0.3 is 5.32 Å². The van der Waals surface area contributed by atoms with Crippen molar-refractivity contribution in [2.75, 3.05) is 19.3 Å². The van der Waals surface area contributed by atoms with Crippen LogP contribution in [-0.2, 0) is 21.4 Å². The summed E-state index contributed by atoms with van der Waals surface area (Å²) in [5.41, 5.74) is 0.460. The number of nitrogens with zero attached hydrogens (tertiary/aromatic N) is 1. The van der Waals surface area contributed by atoms with Crippen molar-refractivity contribution in [1.82, 2.24) is 9.62 Å². The van der Waals surface area contributed by atoms with Crippen LogP contribution in [0.3, 0.4) is 0 Å². The molecule has 1 aromatic rings. The van der Waals surface area contributed by atoms with Gasteiger partial charge in [0.25, 0.3) is 0 Å². The predicted octanol–water partition coefficient (Wildman–Crippen LogP) is 1.89. The van der Waals surface area contributed by atoms with Crippen molar-refractivity contribution in [2.24, 2.45) is 5.92 Å². The van der Waals surface area contributed by atoms with Gasteiger partial charge in [-0.1, -0.05) is 18.2 Å². The Hall–Kier alpha value is -1.47. The van der Waals surface area contributed by atoms with Gasteiger partial charge in [-0.05, 0) is 31.2 Å². The Morgan fingerprint density at radius 1 is 1.39 bits per heavy atom. The number of piperidine rings is 1. The Balaban J connectivity index is 1.75. The highest BCUT2D eigenvalue weighted by atomic mass is 32.2. The van der Waals surface area contributed by atoms with Crippen molar-refractivity contribution < 1.29 is 17.6 Å². The van der Waals surface area contributed by atoms with Crippen LogP contribution < -0.4 is 5.32 Å². The van der Waals surface area contributed by atoms with Gasteiger partial charge in [-0.3, -0.25) is 4.79 Å². The Bertz CT molecular complexity index is 648. The summed E-state index contributed by atoms with van der Waals surface area (Å²) < 4.78 is 38.1. The van der Waals surface area contributed by atoms with Crippen molar-refractivity contribution in [3.8, 4) is 0 Å². The monoisotopic (exact) mass is 342 g/mol. The van der Waals surface area contributed by atoms with E-state index < -0.39 is 10.0 Å². The number of carbonyl (C=O) groups is 1. The highest BCUT2D eigenvalue weighted by Gasteiger charge is 2.25. The van der Waals surface area contributed by atoms with Gasteiger partial charge in [-0.2, -0.15) is 0 Å². The maximum absolute atomic E-state index is 13.5. The zero-order chi connectivity index (χ0) is 16.9. The number of rotatable bonds is 6. The normalized spacial score (nSPS) is 19.5. The smallest absolute Gasteiger partial charge is 0.220 e. The molecule has 0 bridgehead atoms. The molecule has 1 aliphatic heterocycles. The highest BCUT2D eigenvalue weighted by molar-refractivity contribution is 7.88. The molecule has 0 unspecified atom stereocenters. The zero-order valence-corrected chi connectivity index (χ0v) is 14.1. The van der Waals surface area contributed by atoms with E-state index in [2.05, 4.69) is 5.32 Å². The second-order valence-electron chi connectivity index (χ2n) is 6.04. The van der Waals surface area contributed by atoms with Crippen LogP contribution in [0.15, 0.2) is 24.3 Å². The first-order chi connectivity index (χ1) is 10.9. The fourth-order valence-corrected chi connectivity index (χ4v) is 3.77. The van der Waals surface area contributed by atoms with Crippen LogP contribution in [0.1, 0.15) is 31.2 Å². The number of nitrogens with one attached hydrogen (secondary N) is 1. The number of halogens is 1. The summed E-state index contributed by atoms with van der Waals surface area (Å²) in [5, 5.41) is 2.71. The van der Waals surface area contributed by atoms with E-state index in [1.54, 1.807) is 18.2 Å². The maximum Gasteiger partial charge on any atom is 0.220 e. The van der Waals surface area contributed by atoms with Crippen molar-refractivity contribution in [3.05, 3.63) is 35.6 Å². The minimum atomic E-state index is -3.16. The molecule has 1 heterocycles. The molecule has 0 aromatic heterocycles. The van der Waals surface area contributed by atoms with Gasteiger partial charge in [0.1, 0.15) is 5.82 Å². The first-order valence-electron chi connectivity index (χ1n) is 7.81. The predicted molar refractivity (Wildman–Crippen MR) is 86.6 cm³/mol. The maximum atomic E-state index is 13.5. The summed E-state index contributed by atoms with van der Waals surface area (Å²) in [5.74, 6) is -0.258. The molecule has 1 aliphatic rings. The van der Waals surface area contributed by atoms with E-state index in [1.165, 1.54) is 16.6 Å². The lowest BCUT2D eigenvalue weighted by Gasteiger charge is -2.30. The summed E-state index contributed by atoms with van der Waals surface area (Å²) in [6.45, 7) is 1.22. The third-order valence-electron chi connectivity index (χ3n) is 4.16. The average molecular weight is 342 g/mol. The van der Waals surface area contributed by atoms with E-state index in [9.17, 15) is 17.6 Å². The third-order valence-corrected chi connectivity index (χ3v) is 5.43. The molecule has 0 radical (unpaired) electrons. The van der Waals surface area contributed by atoms with E-state index in [1.807, 2.05) is 0 Å². The van der Waals surface area contributed by atoms with Crippen molar-refractivity contribution in [2.45, 2.75) is 32.2 Å². The van der Waals surface area contributed by atoms with E-state index in [4.69, 9.17) is 0 Å². The van der Waals surface area contributed by atoms with Crippen LogP contribution in [0.25, 0.3) is 0 Å². The molecule has 128 valence electrons. The number of carbonyl (C=O) groups excluding carboxylic acids is 1. The second kappa shape index (κ2) is 7.88. The average Bonchev–Trinajstić information content (AvgIpc) is 2.51. The number of amides is 1. The number of hydrogen-bond acceptors (Lipinski definition) is 3. The molecule has 1 atom stereocenters. The lowest BCUT2D eigenvalue weighted by Crippen LogP contribution is -2.39. The van der Waals surface area contributed by atoms with Crippen LogP contribution in [0.2, 0.25) is 0 Å². The van der Waals surface area contributed by atoms with Crippen molar-refractivity contribution in [3.63, 3.8) is 0 Å². The molecular weight excluding hydrogens is 319 g/mol. The third kappa shape index (κ3) is 5.58. The quantitative estimate of drug-likeness (QED) is 0.858. The topological polar surface area (TPSA) is 66.5 Å². The van der Waals surface area contributed by atoms with Gasteiger partial charge in [-0.15, -0.1) is 0 Å². The molecule has 5 nitrogen and oxygen atoms in total. The molecule has 1 saturated heterocycles. The lowest BCUT2D eigenvalue weighted by molar-refractivity contribution is -0.121. The first-order valence-corrected chi connectivity index (χ1v) is 9.66. The minimum absolute atomic E-state index is 0.135. The van der Waals surface area contributed by atoms with E-state index in [0.717, 1.165) is 12.8 Å². The Labute approximate surface area is 136 Å². The molecule has 1 aromatic carbocycles. The second-order valence-corrected chi connectivity index (χ2v) is 8.02. The highest BCUT2D eigenvalue weighted by Crippen LogP contribution is 2.22. The van der Waals surface area contributed by atoms with E-state index in [0.29, 0.717) is 31.5 Å². The van der Waals surface area contributed by atoms with E-state index >= 15 is 0 Å². The van der Waals surface area contributed by atoms with Gasteiger partial charge in [0.15, 0.2) is 0 Å². The van der Waals surface area contributed by atoms with E-state index in [-0.39, 0.29) is 24.2 Å². The van der Waals surface area contributed by atoms with Gasteiger partial charge in [-0.25, -0.2) is 17.1 Å². The summed E-state index contributed by atoms with van der Waals surface area (Å²) in [6.07, 6.45) is 3.96. The molecule has 1 fully saturated rings. The Morgan fingerprint density at radius 3 is 2.83 bits per heavy atom. The first kappa shape index (κ1) is 17.9. The molecular formula is C16H23FN2O3S. The van der Waals surface area contributed by atoms with Crippen LogP contribution in [-0.4, -0.2) is 38.0 Å². The number of hydrogen-bond donors (Lipinski definition) is 1. The van der Waals surface area contributed by atoms with Gasteiger partial charge in [0.2, 0.25) is 15.9 Å². The molecule has 23 heavy (non-hydrogen) atoms. The van der Waals surface area contributed by atoms with Gasteiger partial charge >= 0.3 is 0 Å². The Kier molecular flexibility index (Phi) is 6.12. The van der Waals surface area contributed by atoms with Crippen LogP contribution in [0.4, 0.5) is 4.39 Å². The summed E-state index contributed by atoms with van der Waals surface area (Å²) in [6, 6.07) is 6.34. The van der Waals surface area contributed by atoms with Crippen LogP contribution in [0.5, 0.6) is 0 Å². The Morgan fingerprint density at radius 2 is 2.13 bits per heavy atom. The standard InChI is InChI=1S/C16H23FN2O3S/c1-23(21,22)19-10-4-5-13(12-19)8-9-16(20)18-11-14-6-2-3-7-15(14)17/h2-3,6-7,13H,4-5,8-12H2,1H3,(H,18,20)/t13-/m1/s1. The van der Waals surface area contributed by atoms with Crippen LogP contribution in [0, 0.1) is 11.7 Å². The van der Waals surface area contributed by atoms with Crippen LogP contribution >= 0.6 is 0 Å². The summed E-state index contributed by atoms with van der Waals surface area (Å²) in [4.78, 5) is 11.9. The SMILES string of the molecule is CS(=O)(=O)N1CCC[C@H](CCC(=O)NCc2ccccc2F)C1. The van der Waals surface area contributed by atoms with Crippen molar-refractivity contribution >= 4 is 15.9 Å². The number of benzene rings is 1. The molecule has 0 spiro atoms. The molecule has 0 saturated carbocycles. The summed E-state index contributed by atoms with van der Waals surface area (Å²) >= 11 is 0. The number of sulfonamides is 1. The van der Waals surface area contributed by atoms with Gasteiger partial charge in [0.05, 0.1) is 6.26 Å². The molecule has 7 heteroatoms. The lowest BCUT2D eigenvalue weighted by atomic mass is 9.94. The fraction of sp³-hybridized carbons (Fsp3) is 0.562. The molecule has 0 aliphatic carbocycles. The minimum Gasteiger partial charge on any atom is -0.352 e. The largest absolute Gasteiger partial charge is 0.352 e. The molecule has 2 rings (SSSR count). The summed E-state index contributed by atoms with van der Waals surface area (Å²) in [7, 11) is -3.16. The van der Waals surface area contributed by atoms with Gasteiger partial charge in [0, 0.05) is 31.6 Å². The molecule has 1 amide bonds.